The predicted molar refractivity (Wildman–Crippen MR) is 111 cm³/mol. The van der Waals surface area contributed by atoms with Crippen LogP contribution in [0.3, 0.4) is 0 Å². The number of sulfonamides is 1. The SMILES string of the molecule is COc1ccc([C@H]2[C@@H](C#C[Si](C)(C)C)N2S(=O)(=O)c2ccc(C)cc2)cc1. The van der Waals surface area contributed by atoms with E-state index in [1.807, 2.05) is 43.3 Å². The van der Waals surface area contributed by atoms with Gasteiger partial charge < -0.3 is 4.74 Å². The van der Waals surface area contributed by atoms with Crippen LogP contribution in [0.25, 0.3) is 0 Å². The number of rotatable bonds is 4. The molecule has 1 aliphatic heterocycles. The molecule has 0 N–H and O–H groups in total. The molecule has 4 nitrogen and oxygen atoms in total. The number of aryl methyl sites for hydroxylation is 1. The summed E-state index contributed by atoms with van der Waals surface area (Å²) in [4.78, 5) is 0.309. The Morgan fingerprint density at radius 1 is 1.00 bits per heavy atom. The standard InChI is InChI=1S/C21H25NO3SSi/c1-16-6-12-19(13-7-16)26(23,24)22-20(14-15-27(3,4)5)21(22)17-8-10-18(25-2)11-9-17/h6-13,20-21H,1-5H3/t20-,21+,22?/m1/s1. The quantitative estimate of drug-likeness (QED) is 0.443. The van der Waals surface area contributed by atoms with Gasteiger partial charge in [0, 0.05) is 0 Å². The minimum absolute atomic E-state index is 0.258. The molecule has 1 unspecified atom stereocenters. The summed E-state index contributed by atoms with van der Waals surface area (Å²) < 4.78 is 33.1. The first-order valence-electron chi connectivity index (χ1n) is 8.90. The molecular weight excluding hydrogens is 374 g/mol. The summed E-state index contributed by atoms with van der Waals surface area (Å²) in [7, 11) is -3.59. The van der Waals surface area contributed by atoms with Crippen molar-refractivity contribution in [2.45, 2.75) is 43.5 Å². The second-order valence-electron chi connectivity index (χ2n) is 7.83. The summed E-state index contributed by atoms with van der Waals surface area (Å²) in [6.07, 6.45) is 0. The van der Waals surface area contributed by atoms with Crippen LogP contribution in [0.15, 0.2) is 53.4 Å². The Morgan fingerprint density at radius 3 is 2.11 bits per heavy atom. The van der Waals surface area contributed by atoms with Crippen LogP contribution in [0.1, 0.15) is 17.2 Å². The van der Waals surface area contributed by atoms with Crippen molar-refractivity contribution in [3.63, 3.8) is 0 Å². The highest BCUT2D eigenvalue weighted by molar-refractivity contribution is 7.89. The largest absolute Gasteiger partial charge is 0.497 e. The zero-order valence-corrected chi connectivity index (χ0v) is 18.2. The molecule has 0 spiro atoms. The van der Waals surface area contributed by atoms with E-state index in [2.05, 4.69) is 31.1 Å². The van der Waals surface area contributed by atoms with Gasteiger partial charge in [-0.3, -0.25) is 0 Å². The van der Waals surface area contributed by atoms with Crippen molar-refractivity contribution in [2.24, 2.45) is 0 Å². The van der Waals surface area contributed by atoms with E-state index >= 15 is 0 Å². The molecular formula is C21H25NO3SSi. The van der Waals surface area contributed by atoms with Crippen LogP contribution < -0.4 is 4.74 Å². The normalized spacial score (nSPS) is 21.9. The van der Waals surface area contributed by atoms with E-state index in [1.165, 1.54) is 4.31 Å². The number of hydrogen-bond donors (Lipinski definition) is 0. The van der Waals surface area contributed by atoms with Gasteiger partial charge in [-0.05, 0) is 36.8 Å². The third kappa shape index (κ3) is 4.27. The molecule has 0 saturated carbocycles. The zero-order chi connectivity index (χ0) is 19.8. The highest BCUT2D eigenvalue weighted by Gasteiger charge is 2.55. The van der Waals surface area contributed by atoms with Crippen molar-refractivity contribution in [1.29, 1.82) is 0 Å². The van der Waals surface area contributed by atoms with Gasteiger partial charge in [0.25, 0.3) is 0 Å². The minimum atomic E-state index is -3.60. The lowest BCUT2D eigenvalue weighted by Gasteiger charge is -2.07. The number of methoxy groups -OCH3 is 1. The van der Waals surface area contributed by atoms with E-state index in [1.54, 1.807) is 19.2 Å². The van der Waals surface area contributed by atoms with Crippen molar-refractivity contribution >= 4 is 18.1 Å². The van der Waals surface area contributed by atoms with Crippen LogP contribution in [0.2, 0.25) is 19.6 Å². The lowest BCUT2D eigenvalue weighted by Crippen LogP contribution is -2.18. The van der Waals surface area contributed by atoms with Gasteiger partial charge in [0.15, 0.2) is 0 Å². The maximum absolute atomic E-state index is 13.2. The van der Waals surface area contributed by atoms with Gasteiger partial charge >= 0.3 is 0 Å². The summed E-state index contributed by atoms with van der Waals surface area (Å²) in [6, 6.07) is 13.9. The van der Waals surface area contributed by atoms with Crippen LogP contribution in [-0.2, 0) is 10.0 Å². The fraction of sp³-hybridized carbons (Fsp3) is 0.333. The van der Waals surface area contributed by atoms with Gasteiger partial charge in [-0.1, -0.05) is 55.4 Å². The van der Waals surface area contributed by atoms with Gasteiger partial charge in [0.2, 0.25) is 10.0 Å². The molecule has 1 fully saturated rings. The van der Waals surface area contributed by atoms with E-state index in [4.69, 9.17) is 4.74 Å². The lowest BCUT2D eigenvalue weighted by molar-refractivity contribution is 0.414. The summed E-state index contributed by atoms with van der Waals surface area (Å²) in [5.74, 6) is 3.99. The first kappa shape index (κ1) is 19.7. The maximum atomic E-state index is 13.2. The molecule has 2 aromatic rings. The van der Waals surface area contributed by atoms with Crippen molar-refractivity contribution in [1.82, 2.24) is 4.31 Å². The molecule has 0 aromatic heterocycles. The summed E-state index contributed by atoms with van der Waals surface area (Å²) in [5.41, 5.74) is 5.29. The first-order chi connectivity index (χ1) is 12.6. The molecule has 0 radical (unpaired) electrons. The van der Waals surface area contributed by atoms with E-state index in [0.717, 1.165) is 16.9 Å². The van der Waals surface area contributed by atoms with Crippen LogP contribution in [-0.4, -0.2) is 33.9 Å². The topological polar surface area (TPSA) is 46.4 Å². The molecule has 142 valence electrons. The van der Waals surface area contributed by atoms with Crippen LogP contribution in [0, 0.1) is 18.4 Å². The number of ether oxygens (including phenoxy) is 1. The lowest BCUT2D eigenvalue weighted by atomic mass is 10.1. The summed E-state index contributed by atoms with van der Waals surface area (Å²) in [6.45, 7) is 8.41. The van der Waals surface area contributed by atoms with Gasteiger partial charge in [-0.2, -0.15) is 4.31 Å². The van der Waals surface area contributed by atoms with Crippen molar-refractivity contribution in [3.8, 4) is 17.2 Å². The van der Waals surface area contributed by atoms with E-state index in [0.29, 0.717) is 4.90 Å². The van der Waals surface area contributed by atoms with Gasteiger partial charge in [-0.15, -0.1) is 5.54 Å². The Hall–Kier alpha value is -2.07. The second kappa shape index (κ2) is 7.15. The molecule has 1 heterocycles. The Balaban J connectivity index is 1.98. The maximum Gasteiger partial charge on any atom is 0.244 e. The number of benzene rings is 2. The molecule has 27 heavy (non-hydrogen) atoms. The highest BCUT2D eigenvalue weighted by Crippen LogP contribution is 2.47. The number of nitrogens with zero attached hydrogens (tertiary/aromatic N) is 1. The zero-order valence-electron chi connectivity index (χ0n) is 16.4. The van der Waals surface area contributed by atoms with Gasteiger partial charge in [0.05, 0.1) is 18.0 Å². The second-order valence-corrected chi connectivity index (χ2v) is 14.4. The third-order valence-electron chi connectivity index (χ3n) is 4.41. The fourth-order valence-electron chi connectivity index (χ4n) is 2.91. The molecule has 1 saturated heterocycles. The minimum Gasteiger partial charge on any atom is -0.497 e. The molecule has 0 bridgehead atoms. The smallest absolute Gasteiger partial charge is 0.244 e. The summed E-state index contributed by atoms with van der Waals surface area (Å²) >= 11 is 0. The van der Waals surface area contributed by atoms with Crippen molar-refractivity contribution < 1.29 is 13.2 Å². The highest BCUT2D eigenvalue weighted by atomic mass is 32.2. The van der Waals surface area contributed by atoms with E-state index in [9.17, 15) is 8.42 Å². The average molecular weight is 400 g/mol. The summed E-state index contributed by atoms with van der Waals surface area (Å²) in [5, 5.41) is 0. The monoisotopic (exact) mass is 399 g/mol. The average Bonchev–Trinajstić information content (AvgIpc) is 3.35. The molecule has 0 amide bonds. The number of hydrogen-bond acceptors (Lipinski definition) is 3. The molecule has 3 atom stereocenters. The van der Waals surface area contributed by atoms with Crippen molar-refractivity contribution in [2.75, 3.05) is 7.11 Å². The van der Waals surface area contributed by atoms with E-state index < -0.39 is 18.1 Å². The molecule has 2 aromatic carbocycles. The van der Waals surface area contributed by atoms with Gasteiger partial charge in [0.1, 0.15) is 19.9 Å². The van der Waals surface area contributed by atoms with Crippen molar-refractivity contribution in [3.05, 3.63) is 59.7 Å². The molecule has 1 aliphatic rings. The fourth-order valence-corrected chi connectivity index (χ4v) is 5.16. The Morgan fingerprint density at radius 2 is 1.59 bits per heavy atom. The third-order valence-corrected chi connectivity index (χ3v) is 7.18. The first-order valence-corrected chi connectivity index (χ1v) is 13.8. The Bertz CT molecular complexity index is 981. The van der Waals surface area contributed by atoms with Gasteiger partial charge in [-0.25, -0.2) is 8.42 Å². The Kier molecular flexibility index (Phi) is 5.22. The van der Waals surface area contributed by atoms with Crippen LogP contribution in [0.5, 0.6) is 5.75 Å². The molecule has 6 heteroatoms. The Labute approximate surface area is 163 Å². The molecule has 0 aliphatic carbocycles. The van der Waals surface area contributed by atoms with Crippen LogP contribution in [0.4, 0.5) is 0 Å². The predicted octanol–water partition coefficient (Wildman–Crippen LogP) is 4.00. The molecule has 3 rings (SSSR count). The van der Waals surface area contributed by atoms with Crippen LogP contribution >= 0.6 is 0 Å². The van der Waals surface area contributed by atoms with E-state index in [-0.39, 0.29) is 12.1 Å².